The molecule has 2 rings (SSSR count). The lowest BCUT2D eigenvalue weighted by atomic mass is 10.0. The quantitative estimate of drug-likeness (QED) is 0.832. The van der Waals surface area contributed by atoms with Gasteiger partial charge in [0.15, 0.2) is 0 Å². The van der Waals surface area contributed by atoms with Gasteiger partial charge >= 0.3 is 0 Å². The SMILES string of the molecule is CCC(NS(=O)(=O)c1c(C)cc(C)cc1C)c1ccc(OC)c(C)c1. The molecule has 1 unspecified atom stereocenters. The predicted molar refractivity (Wildman–Crippen MR) is 102 cm³/mol. The number of nitrogens with one attached hydrogen (secondary N) is 1. The zero-order valence-electron chi connectivity index (χ0n) is 15.8. The fourth-order valence-electron chi connectivity index (χ4n) is 3.34. The molecule has 4 nitrogen and oxygen atoms in total. The van der Waals surface area contributed by atoms with Gasteiger partial charge in [-0.2, -0.15) is 0 Å². The first kappa shape index (κ1) is 19.5. The van der Waals surface area contributed by atoms with Crippen LogP contribution in [0, 0.1) is 27.7 Å². The van der Waals surface area contributed by atoms with Crippen molar-refractivity contribution >= 4 is 10.0 Å². The Labute approximate surface area is 151 Å². The number of hydrogen-bond donors (Lipinski definition) is 1. The van der Waals surface area contributed by atoms with Gasteiger partial charge in [0, 0.05) is 6.04 Å². The minimum Gasteiger partial charge on any atom is -0.496 e. The maximum atomic E-state index is 13.0. The van der Waals surface area contributed by atoms with E-state index in [1.807, 2.05) is 65.0 Å². The van der Waals surface area contributed by atoms with Crippen LogP contribution in [0.4, 0.5) is 0 Å². The van der Waals surface area contributed by atoms with E-state index < -0.39 is 10.0 Å². The summed E-state index contributed by atoms with van der Waals surface area (Å²) in [7, 11) is -1.98. The molecule has 136 valence electrons. The topological polar surface area (TPSA) is 55.4 Å². The van der Waals surface area contributed by atoms with Gasteiger partial charge in [-0.3, -0.25) is 0 Å². The average molecular weight is 362 g/mol. The van der Waals surface area contributed by atoms with Crippen molar-refractivity contribution < 1.29 is 13.2 Å². The van der Waals surface area contributed by atoms with Crippen molar-refractivity contribution in [3.05, 3.63) is 58.1 Å². The summed E-state index contributed by atoms with van der Waals surface area (Å²) in [6.07, 6.45) is 0.662. The maximum Gasteiger partial charge on any atom is 0.241 e. The monoisotopic (exact) mass is 361 g/mol. The number of methoxy groups -OCH3 is 1. The summed E-state index contributed by atoms with van der Waals surface area (Å²) in [5, 5.41) is 0. The van der Waals surface area contributed by atoms with Gasteiger partial charge in [-0.25, -0.2) is 13.1 Å². The van der Waals surface area contributed by atoms with Gasteiger partial charge in [0.1, 0.15) is 5.75 Å². The highest BCUT2D eigenvalue weighted by Gasteiger charge is 2.24. The highest BCUT2D eigenvalue weighted by Crippen LogP contribution is 2.28. The number of aryl methyl sites for hydroxylation is 4. The standard InChI is InChI=1S/C20H27NO3S/c1-7-18(17-8-9-19(24-6)14(3)12-17)21-25(22,23)20-15(4)10-13(2)11-16(20)5/h8-12,18,21H,7H2,1-6H3. The molecule has 0 aromatic heterocycles. The van der Waals surface area contributed by atoms with Crippen molar-refractivity contribution in [2.45, 2.75) is 52.0 Å². The third-order valence-electron chi connectivity index (χ3n) is 4.40. The smallest absolute Gasteiger partial charge is 0.241 e. The Balaban J connectivity index is 2.40. The van der Waals surface area contributed by atoms with Crippen LogP contribution in [-0.4, -0.2) is 15.5 Å². The molecule has 1 N–H and O–H groups in total. The molecule has 0 saturated heterocycles. The Morgan fingerprint density at radius 1 is 1.00 bits per heavy atom. The number of benzene rings is 2. The van der Waals surface area contributed by atoms with E-state index in [0.717, 1.165) is 33.6 Å². The molecule has 0 aliphatic rings. The van der Waals surface area contributed by atoms with Gasteiger partial charge in [0.2, 0.25) is 10.0 Å². The van der Waals surface area contributed by atoms with Crippen molar-refractivity contribution in [3.63, 3.8) is 0 Å². The lowest BCUT2D eigenvalue weighted by Gasteiger charge is -2.21. The summed E-state index contributed by atoms with van der Waals surface area (Å²) in [5.41, 5.74) is 4.52. The first-order valence-electron chi connectivity index (χ1n) is 8.44. The van der Waals surface area contributed by atoms with E-state index in [1.165, 1.54) is 0 Å². The average Bonchev–Trinajstić information content (AvgIpc) is 2.51. The van der Waals surface area contributed by atoms with E-state index in [4.69, 9.17) is 4.74 Å². The van der Waals surface area contributed by atoms with Crippen LogP contribution in [-0.2, 0) is 10.0 Å². The second-order valence-corrected chi connectivity index (χ2v) is 8.19. The van der Waals surface area contributed by atoms with Crippen LogP contribution in [0.3, 0.4) is 0 Å². The van der Waals surface area contributed by atoms with Crippen LogP contribution < -0.4 is 9.46 Å². The first-order valence-corrected chi connectivity index (χ1v) is 9.92. The second kappa shape index (κ2) is 7.58. The molecule has 0 bridgehead atoms. The molecule has 0 radical (unpaired) electrons. The maximum absolute atomic E-state index is 13.0. The molecule has 0 amide bonds. The van der Waals surface area contributed by atoms with Crippen molar-refractivity contribution in [2.75, 3.05) is 7.11 Å². The minimum absolute atomic E-state index is 0.283. The molecule has 1 atom stereocenters. The molecule has 0 saturated carbocycles. The molecule has 2 aromatic carbocycles. The summed E-state index contributed by atoms with van der Waals surface area (Å²) >= 11 is 0. The van der Waals surface area contributed by atoms with Gasteiger partial charge in [-0.15, -0.1) is 0 Å². The van der Waals surface area contributed by atoms with Crippen molar-refractivity contribution in [2.24, 2.45) is 0 Å². The fourth-order valence-corrected chi connectivity index (χ4v) is 5.10. The molecule has 0 aliphatic carbocycles. The predicted octanol–water partition coefficient (Wildman–Crippen LogP) is 4.36. The van der Waals surface area contributed by atoms with Crippen LogP contribution in [0.15, 0.2) is 35.2 Å². The van der Waals surface area contributed by atoms with E-state index in [2.05, 4.69) is 4.72 Å². The zero-order valence-corrected chi connectivity index (χ0v) is 16.6. The molecular weight excluding hydrogens is 334 g/mol. The number of sulfonamides is 1. The summed E-state index contributed by atoms with van der Waals surface area (Å²) in [6.45, 7) is 9.58. The Bertz CT molecular complexity index is 850. The van der Waals surface area contributed by atoms with Gasteiger partial charge in [-0.1, -0.05) is 36.8 Å². The summed E-state index contributed by atoms with van der Waals surface area (Å²) in [5.74, 6) is 0.798. The molecule has 25 heavy (non-hydrogen) atoms. The van der Waals surface area contributed by atoms with E-state index in [-0.39, 0.29) is 6.04 Å². The summed E-state index contributed by atoms with van der Waals surface area (Å²) in [6, 6.07) is 9.29. The molecule has 0 fully saturated rings. The van der Waals surface area contributed by atoms with Crippen LogP contribution >= 0.6 is 0 Å². The fraction of sp³-hybridized carbons (Fsp3) is 0.400. The van der Waals surface area contributed by atoms with E-state index in [9.17, 15) is 8.42 Å². The van der Waals surface area contributed by atoms with Crippen LogP contribution in [0.1, 0.15) is 47.2 Å². The van der Waals surface area contributed by atoms with Gasteiger partial charge in [0.25, 0.3) is 0 Å². The minimum atomic E-state index is -3.61. The van der Waals surface area contributed by atoms with Crippen molar-refractivity contribution in [1.29, 1.82) is 0 Å². The highest BCUT2D eigenvalue weighted by atomic mass is 32.2. The molecule has 0 aliphatic heterocycles. The molecule has 0 spiro atoms. The molecule has 2 aromatic rings. The van der Waals surface area contributed by atoms with Crippen LogP contribution in [0.2, 0.25) is 0 Å². The summed E-state index contributed by atoms with van der Waals surface area (Å²) < 4.78 is 34.2. The van der Waals surface area contributed by atoms with E-state index in [1.54, 1.807) is 7.11 Å². The van der Waals surface area contributed by atoms with Gasteiger partial charge in [0.05, 0.1) is 12.0 Å². The van der Waals surface area contributed by atoms with Crippen LogP contribution in [0.5, 0.6) is 5.75 Å². The normalized spacial score (nSPS) is 12.9. The molecule has 5 heteroatoms. The van der Waals surface area contributed by atoms with Crippen LogP contribution in [0.25, 0.3) is 0 Å². The van der Waals surface area contributed by atoms with Crippen molar-refractivity contribution in [3.8, 4) is 5.75 Å². The Kier molecular flexibility index (Phi) is 5.91. The van der Waals surface area contributed by atoms with Gasteiger partial charge < -0.3 is 4.74 Å². The molecule has 0 heterocycles. The summed E-state index contributed by atoms with van der Waals surface area (Å²) in [4.78, 5) is 0.377. The number of hydrogen-bond acceptors (Lipinski definition) is 3. The lowest BCUT2D eigenvalue weighted by molar-refractivity contribution is 0.411. The highest BCUT2D eigenvalue weighted by molar-refractivity contribution is 7.89. The largest absolute Gasteiger partial charge is 0.496 e. The Morgan fingerprint density at radius 2 is 1.60 bits per heavy atom. The molecular formula is C20H27NO3S. The Hall–Kier alpha value is -1.85. The van der Waals surface area contributed by atoms with E-state index in [0.29, 0.717) is 11.3 Å². The Morgan fingerprint density at radius 3 is 2.08 bits per heavy atom. The number of rotatable bonds is 6. The zero-order chi connectivity index (χ0) is 18.8. The van der Waals surface area contributed by atoms with E-state index >= 15 is 0 Å². The third-order valence-corrected chi connectivity index (χ3v) is 6.18. The van der Waals surface area contributed by atoms with Gasteiger partial charge in [-0.05, 0) is 62.4 Å². The third kappa shape index (κ3) is 4.22. The lowest BCUT2D eigenvalue weighted by Crippen LogP contribution is -2.29. The first-order chi connectivity index (χ1) is 11.7. The second-order valence-electron chi connectivity index (χ2n) is 6.54. The number of ether oxygens (including phenoxy) is 1. The van der Waals surface area contributed by atoms with Crippen molar-refractivity contribution in [1.82, 2.24) is 4.72 Å².